The summed E-state index contributed by atoms with van der Waals surface area (Å²) < 4.78 is 12.2. The molecule has 0 aromatic carbocycles. The van der Waals surface area contributed by atoms with E-state index >= 15 is 0 Å². The van der Waals surface area contributed by atoms with Crippen molar-refractivity contribution in [3.05, 3.63) is 0 Å². The van der Waals surface area contributed by atoms with E-state index in [1.54, 1.807) is 0 Å². The van der Waals surface area contributed by atoms with Crippen molar-refractivity contribution in [1.29, 1.82) is 0 Å². The van der Waals surface area contributed by atoms with Crippen LogP contribution in [0.15, 0.2) is 0 Å². The minimum Gasteiger partial charge on any atom is -0.373 e. The summed E-state index contributed by atoms with van der Waals surface area (Å²) >= 11 is 0. The quantitative estimate of drug-likeness (QED) is 0.847. The van der Waals surface area contributed by atoms with Gasteiger partial charge in [-0.3, -0.25) is 4.90 Å². The highest BCUT2D eigenvalue weighted by atomic mass is 16.5. The topological polar surface area (TPSA) is 47.7 Å². The molecule has 2 N–H and O–H groups in total. The molecule has 1 heterocycles. The zero-order valence-corrected chi connectivity index (χ0v) is 14.4. The summed E-state index contributed by atoms with van der Waals surface area (Å²) in [6, 6.07) is 0.579. The average molecular weight is 298 g/mol. The fraction of sp³-hybridized carbons (Fsp3) is 1.00. The first-order chi connectivity index (χ1) is 9.86. The molecule has 0 aromatic rings. The first-order valence-corrected chi connectivity index (χ1v) is 8.56. The number of nitrogens with zero attached hydrogens (tertiary/aromatic N) is 1. The highest BCUT2D eigenvalue weighted by Gasteiger charge is 2.39. The average Bonchev–Trinajstić information content (AvgIpc) is 2.47. The van der Waals surface area contributed by atoms with Gasteiger partial charge in [0.1, 0.15) is 0 Å². The Bertz CT molecular complexity index is 321. The minimum absolute atomic E-state index is 0.112. The molecule has 1 atom stereocenters. The maximum Gasteiger partial charge on any atom is 0.0936 e. The van der Waals surface area contributed by atoms with Crippen LogP contribution in [0.5, 0.6) is 0 Å². The largest absolute Gasteiger partial charge is 0.373 e. The van der Waals surface area contributed by atoms with Crippen LogP contribution in [-0.2, 0) is 9.47 Å². The number of morpholine rings is 1. The van der Waals surface area contributed by atoms with E-state index in [4.69, 9.17) is 15.2 Å². The van der Waals surface area contributed by atoms with Crippen molar-refractivity contribution in [1.82, 2.24) is 4.90 Å². The molecular weight excluding hydrogens is 264 g/mol. The van der Waals surface area contributed by atoms with E-state index in [0.29, 0.717) is 24.6 Å². The maximum absolute atomic E-state index is 6.30. The second-order valence-electron chi connectivity index (χ2n) is 7.94. The molecule has 2 aliphatic rings. The van der Waals surface area contributed by atoms with Crippen molar-refractivity contribution < 1.29 is 9.47 Å². The number of ether oxygens (including phenoxy) is 2. The Balaban J connectivity index is 1.83. The van der Waals surface area contributed by atoms with Crippen molar-refractivity contribution >= 4 is 0 Å². The lowest BCUT2D eigenvalue weighted by atomic mass is 9.71. The molecule has 0 bridgehead atoms. The van der Waals surface area contributed by atoms with Crippen LogP contribution in [0.4, 0.5) is 0 Å². The van der Waals surface area contributed by atoms with E-state index in [-0.39, 0.29) is 11.7 Å². The smallest absolute Gasteiger partial charge is 0.0936 e. The van der Waals surface area contributed by atoms with E-state index in [0.717, 1.165) is 32.5 Å². The number of rotatable bonds is 5. The molecule has 0 aromatic heterocycles. The Morgan fingerprint density at radius 2 is 1.90 bits per heavy atom. The number of hydrogen-bond acceptors (Lipinski definition) is 4. The predicted octanol–water partition coefficient (Wildman–Crippen LogP) is 2.41. The van der Waals surface area contributed by atoms with E-state index in [1.165, 1.54) is 12.8 Å². The Hall–Kier alpha value is -0.160. The second-order valence-corrected chi connectivity index (χ2v) is 7.94. The van der Waals surface area contributed by atoms with Gasteiger partial charge >= 0.3 is 0 Å². The molecule has 1 saturated carbocycles. The van der Waals surface area contributed by atoms with Gasteiger partial charge in [-0.15, -0.1) is 0 Å². The second kappa shape index (κ2) is 6.95. The predicted molar refractivity (Wildman–Crippen MR) is 86.4 cm³/mol. The van der Waals surface area contributed by atoms with Gasteiger partial charge in [0.05, 0.1) is 24.9 Å². The van der Waals surface area contributed by atoms with Gasteiger partial charge in [-0.05, 0) is 44.9 Å². The molecule has 21 heavy (non-hydrogen) atoms. The highest BCUT2D eigenvalue weighted by molar-refractivity contribution is 4.92. The number of nitrogens with two attached hydrogens (primary N) is 1. The summed E-state index contributed by atoms with van der Waals surface area (Å²) in [6.45, 7) is 13.3. The van der Waals surface area contributed by atoms with Crippen molar-refractivity contribution in [3.8, 4) is 0 Å². The van der Waals surface area contributed by atoms with Crippen LogP contribution in [0.25, 0.3) is 0 Å². The fourth-order valence-corrected chi connectivity index (χ4v) is 3.37. The lowest BCUT2D eigenvalue weighted by Gasteiger charge is -2.44. The first-order valence-electron chi connectivity index (χ1n) is 8.56. The fourth-order valence-electron chi connectivity index (χ4n) is 3.37. The van der Waals surface area contributed by atoms with Gasteiger partial charge in [-0.25, -0.2) is 0 Å². The van der Waals surface area contributed by atoms with Gasteiger partial charge in [0, 0.05) is 25.7 Å². The van der Waals surface area contributed by atoms with Gasteiger partial charge in [0.15, 0.2) is 0 Å². The Kier molecular flexibility index (Phi) is 5.69. The molecule has 4 heteroatoms. The van der Waals surface area contributed by atoms with Crippen LogP contribution in [0.3, 0.4) is 0 Å². The normalized spacial score (nSPS) is 29.7. The molecule has 2 fully saturated rings. The van der Waals surface area contributed by atoms with E-state index < -0.39 is 0 Å². The maximum atomic E-state index is 6.30. The van der Waals surface area contributed by atoms with Gasteiger partial charge in [-0.1, -0.05) is 13.8 Å². The van der Waals surface area contributed by atoms with Crippen LogP contribution in [0, 0.1) is 5.41 Å². The molecule has 1 saturated heterocycles. The molecule has 0 amide bonds. The van der Waals surface area contributed by atoms with Crippen LogP contribution >= 0.6 is 0 Å². The Morgan fingerprint density at radius 3 is 2.48 bits per heavy atom. The zero-order valence-electron chi connectivity index (χ0n) is 14.4. The summed E-state index contributed by atoms with van der Waals surface area (Å²) in [5.74, 6) is 0. The molecule has 0 radical (unpaired) electrons. The highest BCUT2D eigenvalue weighted by Crippen LogP contribution is 2.41. The van der Waals surface area contributed by atoms with Gasteiger partial charge in [0.2, 0.25) is 0 Å². The molecule has 1 aliphatic carbocycles. The summed E-state index contributed by atoms with van der Waals surface area (Å²) in [5.41, 5.74) is 6.37. The Labute approximate surface area is 130 Å². The lowest BCUT2D eigenvalue weighted by molar-refractivity contribution is -0.137. The lowest BCUT2D eigenvalue weighted by Crippen LogP contribution is -2.51. The van der Waals surface area contributed by atoms with E-state index in [2.05, 4.69) is 32.6 Å². The molecule has 1 unspecified atom stereocenters. The van der Waals surface area contributed by atoms with Crippen molar-refractivity contribution in [2.75, 3.05) is 32.8 Å². The van der Waals surface area contributed by atoms with Crippen LogP contribution in [0.1, 0.15) is 53.4 Å². The van der Waals surface area contributed by atoms with Gasteiger partial charge in [-0.2, -0.15) is 0 Å². The first kappa shape index (κ1) is 17.2. The van der Waals surface area contributed by atoms with Crippen LogP contribution in [0.2, 0.25) is 0 Å². The standard InChI is InChI=1S/C17H34N2O2/c1-14(2)19-9-10-20-15(11-19)12-21-17(13-18)7-5-16(3,4)6-8-17/h14-15H,5-13,18H2,1-4H3. The van der Waals surface area contributed by atoms with Gasteiger partial charge < -0.3 is 15.2 Å². The molecule has 4 nitrogen and oxygen atoms in total. The summed E-state index contributed by atoms with van der Waals surface area (Å²) in [4.78, 5) is 2.47. The molecule has 1 aliphatic heterocycles. The van der Waals surface area contributed by atoms with Crippen molar-refractivity contribution in [3.63, 3.8) is 0 Å². The summed E-state index contributed by atoms with van der Waals surface area (Å²) in [7, 11) is 0. The number of hydrogen-bond donors (Lipinski definition) is 1. The molecule has 124 valence electrons. The van der Waals surface area contributed by atoms with Crippen molar-refractivity contribution in [2.45, 2.75) is 71.1 Å². The summed E-state index contributed by atoms with van der Waals surface area (Å²) in [5, 5.41) is 0. The monoisotopic (exact) mass is 298 g/mol. The van der Waals surface area contributed by atoms with Crippen LogP contribution < -0.4 is 5.73 Å². The third kappa shape index (κ3) is 4.65. The van der Waals surface area contributed by atoms with Crippen LogP contribution in [-0.4, -0.2) is 55.5 Å². The summed E-state index contributed by atoms with van der Waals surface area (Å²) in [6.07, 6.45) is 4.76. The van der Waals surface area contributed by atoms with E-state index in [9.17, 15) is 0 Å². The van der Waals surface area contributed by atoms with Crippen molar-refractivity contribution in [2.24, 2.45) is 11.1 Å². The Morgan fingerprint density at radius 1 is 1.24 bits per heavy atom. The molecular formula is C17H34N2O2. The van der Waals surface area contributed by atoms with Gasteiger partial charge in [0.25, 0.3) is 0 Å². The zero-order chi connectivity index (χ0) is 15.5. The SMILES string of the molecule is CC(C)N1CCOC(COC2(CN)CCC(C)(C)CC2)C1. The van der Waals surface area contributed by atoms with E-state index in [1.807, 2.05) is 0 Å². The molecule has 0 spiro atoms. The minimum atomic E-state index is -0.112. The third-order valence-electron chi connectivity index (χ3n) is 5.36. The third-order valence-corrected chi connectivity index (χ3v) is 5.36. The molecule has 2 rings (SSSR count).